The van der Waals surface area contributed by atoms with Gasteiger partial charge in [-0.3, -0.25) is 28.2 Å². The Labute approximate surface area is 341 Å². The van der Waals surface area contributed by atoms with E-state index >= 15 is 0 Å². The molecule has 2 aliphatic heterocycles. The summed E-state index contributed by atoms with van der Waals surface area (Å²) in [5, 5.41) is 1.96. The van der Waals surface area contributed by atoms with Gasteiger partial charge in [-0.2, -0.15) is 21.6 Å². The second kappa shape index (κ2) is 19.8. The summed E-state index contributed by atoms with van der Waals surface area (Å²) in [6, 6.07) is 4.53. The molecule has 2 saturated heterocycles. The summed E-state index contributed by atoms with van der Waals surface area (Å²) in [6.07, 6.45) is -20.9. The van der Waals surface area contributed by atoms with E-state index in [1.807, 2.05) is 5.32 Å². The van der Waals surface area contributed by atoms with Crippen LogP contribution in [-0.4, -0.2) is 135 Å². The van der Waals surface area contributed by atoms with Gasteiger partial charge in [0, 0.05) is 27.7 Å². The Balaban J connectivity index is 2.34. The van der Waals surface area contributed by atoms with Crippen LogP contribution in [0.15, 0.2) is 30.3 Å². The molecule has 2 fully saturated rings. The number of nitrogens with one attached hydrogen (secondary N) is 1. The molecule has 58 heavy (non-hydrogen) atoms. The van der Waals surface area contributed by atoms with Gasteiger partial charge in [0.25, 0.3) is 9.70 Å². The van der Waals surface area contributed by atoms with Crippen molar-refractivity contribution in [1.29, 1.82) is 0 Å². The molecule has 2 aliphatic rings. The smallest absolute Gasteiger partial charge is 0.467 e. The number of methoxy groups -OCH3 is 1. The Hall–Kier alpha value is -4.04. The molecule has 1 aromatic rings. The SMILES string of the molecule is COC(=O)[C@H]1O[C@@H](O[C@@H]2[C@@H](NC(=O)C(Cl)(Cl)Cl)[C@@H](OC(C)=O)O[C@H](COC(=O)c3ccccc3)[C@H]2OS(=O)(=O)C(F)(F)F)[C@H](OC(C)=O)[C@@H](OC(C)=O)[C@@H]1OC(C)=O. The average Bonchev–Trinajstić information content (AvgIpc) is 3.10. The maximum Gasteiger partial charge on any atom is 0.523 e. The number of amides is 1. The second-order valence-electron chi connectivity index (χ2n) is 11.8. The molecule has 20 nitrogen and oxygen atoms in total. The molecule has 0 radical (unpaired) electrons. The van der Waals surface area contributed by atoms with E-state index in [4.69, 9.17) is 77.4 Å². The third-order valence-corrected chi connectivity index (χ3v) is 9.08. The van der Waals surface area contributed by atoms with Gasteiger partial charge in [0.05, 0.1) is 12.7 Å². The van der Waals surface area contributed by atoms with E-state index in [0.29, 0.717) is 0 Å². The molecule has 0 saturated carbocycles. The number of hydrogen-bond donors (Lipinski definition) is 1. The summed E-state index contributed by atoms with van der Waals surface area (Å²) in [5.41, 5.74) is -6.32. The van der Waals surface area contributed by atoms with E-state index in [1.54, 1.807) is 0 Å². The minimum Gasteiger partial charge on any atom is -0.467 e. The van der Waals surface area contributed by atoms with Gasteiger partial charge in [-0.15, -0.1) is 0 Å². The Morgan fingerprint density at radius 1 is 0.741 bits per heavy atom. The summed E-state index contributed by atoms with van der Waals surface area (Å²) in [5.74, 6) is -8.91. The molecule has 0 aromatic heterocycles. The van der Waals surface area contributed by atoms with Crippen LogP contribution in [0.3, 0.4) is 0 Å². The summed E-state index contributed by atoms with van der Waals surface area (Å²) in [6.45, 7) is 2.04. The number of alkyl halides is 6. The number of ether oxygens (including phenoxy) is 9. The van der Waals surface area contributed by atoms with Crippen molar-refractivity contribution in [1.82, 2.24) is 5.32 Å². The van der Waals surface area contributed by atoms with Crippen LogP contribution in [0.5, 0.6) is 0 Å². The highest BCUT2D eigenvalue weighted by atomic mass is 35.6. The van der Waals surface area contributed by atoms with Crippen LogP contribution >= 0.6 is 34.8 Å². The number of esters is 6. The number of carbonyl (C=O) groups is 7. The minimum atomic E-state index is -6.75. The van der Waals surface area contributed by atoms with E-state index in [0.717, 1.165) is 34.8 Å². The molecule has 3 rings (SSSR count). The highest BCUT2D eigenvalue weighted by Gasteiger charge is 2.61. The lowest BCUT2D eigenvalue weighted by molar-refractivity contribution is -0.337. The van der Waals surface area contributed by atoms with Crippen molar-refractivity contribution in [3.8, 4) is 0 Å². The van der Waals surface area contributed by atoms with E-state index in [1.165, 1.54) is 30.3 Å². The topological polar surface area (TPSA) is 258 Å². The molecule has 0 aliphatic carbocycles. The highest BCUT2D eigenvalue weighted by molar-refractivity contribution is 7.87. The third kappa shape index (κ3) is 12.7. The van der Waals surface area contributed by atoms with Gasteiger partial charge in [-0.25, -0.2) is 9.59 Å². The van der Waals surface area contributed by atoms with E-state index < -0.39 is 129 Å². The zero-order valence-electron chi connectivity index (χ0n) is 30.3. The van der Waals surface area contributed by atoms with Crippen molar-refractivity contribution in [3.05, 3.63) is 35.9 Å². The van der Waals surface area contributed by atoms with Crippen molar-refractivity contribution in [2.45, 2.75) is 98.3 Å². The maximum atomic E-state index is 14.0. The molecule has 0 unspecified atom stereocenters. The first-order chi connectivity index (χ1) is 26.8. The van der Waals surface area contributed by atoms with E-state index in [-0.39, 0.29) is 5.56 Å². The number of benzene rings is 1. The first-order valence-electron chi connectivity index (χ1n) is 16.1. The zero-order chi connectivity index (χ0) is 43.9. The lowest BCUT2D eigenvalue weighted by Gasteiger charge is -2.48. The second-order valence-corrected chi connectivity index (χ2v) is 15.7. The van der Waals surface area contributed by atoms with Crippen LogP contribution in [-0.2, 0) is 85.7 Å². The first kappa shape index (κ1) is 48.3. The van der Waals surface area contributed by atoms with Gasteiger partial charge < -0.3 is 47.9 Å². The van der Waals surface area contributed by atoms with Crippen molar-refractivity contribution < 1.29 is 102 Å². The largest absolute Gasteiger partial charge is 0.523 e. The summed E-state index contributed by atoms with van der Waals surface area (Å²) < 4.78 is 117. The van der Waals surface area contributed by atoms with Crippen LogP contribution in [0.1, 0.15) is 38.1 Å². The summed E-state index contributed by atoms with van der Waals surface area (Å²) in [4.78, 5) is 88.2. The summed E-state index contributed by atoms with van der Waals surface area (Å²) >= 11 is 17.2. The molecule has 0 spiro atoms. The minimum absolute atomic E-state index is 0.122. The molecule has 0 bridgehead atoms. The van der Waals surface area contributed by atoms with Crippen molar-refractivity contribution in [2.24, 2.45) is 0 Å². The number of hydrogen-bond acceptors (Lipinski definition) is 19. The maximum absolute atomic E-state index is 14.0. The fourth-order valence-electron chi connectivity index (χ4n) is 5.33. The predicted molar refractivity (Wildman–Crippen MR) is 181 cm³/mol. The monoisotopic (exact) mass is 917 g/mol. The van der Waals surface area contributed by atoms with Gasteiger partial charge in [0.2, 0.25) is 6.29 Å². The van der Waals surface area contributed by atoms with Crippen molar-refractivity contribution >= 4 is 86.6 Å². The quantitative estimate of drug-likeness (QED) is 0.0961. The Bertz CT molecular complexity index is 1820. The van der Waals surface area contributed by atoms with Crippen LogP contribution in [0, 0.1) is 0 Å². The molecule has 2 heterocycles. The van der Waals surface area contributed by atoms with Gasteiger partial charge in [0.1, 0.15) is 31.0 Å². The number of halogens is 6. The van der Waals surface area contributed by atoms with Crippen LogP contribution in [0.25, 0.3) is 0 Å². The fourth-order valence-corrected chi connectivity index (χ4v) is 6.13. The predicted octanol–water partition coefficient (Wildman–Crippen LogP) is 1.30. The summed E-state index contributed by atoms with van der Waals surface area (Å²) in [7, 11) is -5.93. The zero-order valence-corrected chi connectivity index (χ0v) is 33.4. The normalized spacial score (nSPS) is 27.6. The Morgan fingerprint density at radius 2 is 1.28 bits per heavy atom. The molecular formula is C31H33Cl3F3NO19S. The van der Waals surface area contributed by atoms with Crippen LogP contribution in [0.2, 0.25) is 0 Å². The first-order valence-corrected chi connectivity index (χ1v) is 18.6. The molecule has 1 aromatic carbocycles. The van der Waals surface area contributed by atoms with Crippen LogP contribution in [0.4, 0.5) is 13.2 Å². The van der Waals surface area contributed by atoms with Gasteiger partial charge in [-0.1, -0.05) is 53.0 Å². The lowest BCUT2D eigenvalue weighted by Crippen LogP contribution is -2.70. The van der Waals surface area contributed by atoms with Crippen molar-refractivity contribution in [2.75, 3.05) is 13.7 Å². The molecule has 1 N–H and O–H groups in total. The van der Waals surface area contributed by atoms with E-state index in [9.17, 15) is 55.2 Å². The Kier molecular flexibility index (Phi) is 16.5. The fraction of sp³-hybridized carbons (Fsp3) is 0.581. The van der Waals surface area contributed by atoms with E-state index in [2.05, 4.69) is 4.18 Å². The average molecular weight is 919 g/mol. The molecule has 27 heteroatoms. The molecule has 1 amide bonds. The molecular weight excluding hydrogens is 886 g/mol. The number of rotatable bonds is 13. The molecule has 324 valence electrons. The van der Waals surface area contributed by atoms with Crippen LogP contribution < -0.4 is 5.32 Å². The van der Waals surface area contributed by atoms with Gasteiger partial charge in [-0.05, 0) is 12.1 Å². The van der Waals surface area contributed by atoms with Gasteiger partial charge >= 0.3 is 51.4 Å². The number of carbonyl (C=O) groups excluding carboxylic acids is 7. The molecule has 10 atom stereocenters. The lowest BCUT2D eigenvalue weighted by atomic mass is 9.94. The third-order valence-electron chi connectivity index (χ3n) is 7.52. The van der Waals surface area contributed by atoms with Gasteiger partial charge in [0.15, 0.2) is 30.7 Å². The standard InChI is InChI=1S/C31H33Cl3F3NO19S/c1-12(39)50-21-22(51-13(2)40)24(52-14(3)41)28(56-23(21)26(44)48-5)55-20-18(38-29(45)30(32,33)34)27(53-15(4)42)54-17(19(20)57-58(46,47)31(35,36)37)11-49-25(43)16-9-7-6-8-10-16/h6-10,17-24,27-28H,11H2,1-5H3,(H,38,45)/t17-,18-,19-,20-,21+,22+,23+,24-,27+,28-/m1/s1. The van der Waals surface area contributed by atoms with Crippen molar-refractivity contribution in [3.63, 3.8) is 0 Å². The Morgan fingerprint density at radius 3 is 1.78 bits per heavy atom. The highest BCUT2D eigenvalue weighted by Crippen LogP contribution is 2.38.